The maximum atomic E-state index is 12.3. The molecule has 2 aliphatic heterocycles. The van der Waals surface area contributed by atoms with Gasteiger partial charge < -0.3 is 19.7 Å². The van der Waals surface area contributed by atoms with Gasteiger partial charge in [-0.2, -0.15) is 5.10 Å². The number of carbonyl (C=O) groups is 1. The standard InChI is InChI=1S/C16H26N4O3/c1-16(22-11-12-23-16)14-5-2-8-19(13-14)15(21)17-6-3-9-20-10-4-7-18-20/h4,7,10,14H,2-3,5-6,8-9,11-13H2,1H3,(H,17,21)/t14-/m1/s1. The molecule has 2 fully saturated rings. The molecule has 23 heavy (non-hydrogen) atoms. The van der Waals surface area contributed by atoms with Crippen LogP contribution in [0.4, 0.5) is 4.79 Å². The molecule has 1 aromatic rings. The lowest BCUT2D eigenvalue weighted by Crippen LogP contribution is -2.51. The summed E-state index contributed by atoms with van der Waals surface area (Å²) in [7, 11) is 0. The van der Waals surface area contributed by atoms with E-state index in [-0.39, 0.29) is 11.9 Å². The van der Waals surface area contributed by atoms with Crippen LogP contribution in [0.25, 0.3) is 0 Å². The van der Waals surface area contributed by atoms with Crippen molar-refractivity contribution in [3.63, 3.8) is 0 Å². The summed E-state index contributed by atoms with van der Waals surface area (Å²) in [6.07, 6.45) is 6.60. The van der Waals surface area contributed by atoms with E-state index in [4.69, 9.17) is 9.47 Å². The molecule has 0 unspecified atom stereocenters. The Morgan fingerprint density at radius 1 is 1.43 bits per heavy atom. The van der Waals surface area contributed by atoms with Crippen molar-refractivity contribution in [2.75, 3.05) is 32.8 Å². The van der Waals surface area contributed by atoms with E-state index in [0.717, 1.165) is 32.4 Å². The highest BCUT2D eigenvalue weighted by molar-refractivity contribution is 5.74. The Bertz CT molecular complexity index is 499. The van der Waals surface area contributed by atoms with E-state index < -0.39 is 5.79 Å². The van der Waals surface area contributed by atoms with Crippen LogP contribution in [-0.2, 0) is 16.0 Å². The predicted molar refractivity (Wildman–Crippen MR) is 84.8 cm³/mol. The van der Waals surface area contributed by atoms with Crippen LogP contribution >= 0.6 is 0 Å². The van der Waals surface area contributed by atoms with Gasteiger partial charge >= 0.3 is 6.03 Å². The number of likely N-dealkylation sites (tertiary alicyclic amines) is 1. The van der Waals surface area contributed by atoms with Gasteiger partial charge in [0.25, 0.3) is 0 Å². The Hall–Kier alpha value is -1.60. The summed E-state index contributed by atoms with van der Waals surface area (Å²) in [6.45, 7) is 6.26. The fraction of sp³-hybridized carbons (Fsp3) is 0.750. The normalized spacial score (nSPS) is 23.9. The van der Waals surface area contributed by atoms with Crippen molar-refractivity contribution in [1.29, 1.82) is 0 Å². The van der Waals surface area contributed by atoms with Gasteiger partial charge in [0, 0.05) is 44.5 Å². The molecule has 0 spiro atoms. The van der Waals surface area contributed by atoms with Gasteiger partial charge in [-0.05, 0) is 32.3 Å². The highest BCUT2D eigenvalue weighted by Gasteiger charge is 2.42. The third-order valence-electron chi connectivity index (χ3n) is 4.71. The summed E-state index contributed by atoms with van der Waals surface area (Å²) in [5, 5.41) is 7.15. The number of hydrogen-bond acceptors (Lipinski definition) is 4. The van der Waals surface area contributed by atoms with Crippen LogP contribution in [0, 0.1) is 5.92 Å². The minimum Gasteiger partial charge on any atom is -0.347 e. The number of amides is 2. The number of aromatic nitrogens is 2. The Morgan fingerprint density at radius 2 is 2.26 bits per heavy atom. The Balaban J connectivity index is 1.41. The number of nitrogens with one attached hydrogen (secondary N) is 1. The summed E-state index contributed by atoms with van der Waals surface area (Å²) >= 11 is 0. The first-order valence-electron chi connectivity index (χ1n) is 8.45. The first-order chi connectivity index (χ1) is 11.2. The Morgan fingerprint density at radius 3 is 3.00 bits per heavy atom. The molecular weight excluding hydrogens is 296 g/mol. The van der Waals surface area contributed by atoms with Crippen LogP contribution in [0.2, 0.25) is 0 Å². The largest absolute Gasteiger partial charge is 0.347 e. The monoisotopic (exact) mass is 322 g/mol. The van der Waals surface area contributed by atoms with Crippen LogP contribution in [0.5, 0.6) is 0 Å². The smallest absolute Gasteiger partial charge is 0.317 e. The fourth-order valence-electron chi connectivity index (χ4n) is 3.34. The number of urea groups is 1. The molecule has 2 saturated heterocycles. The van der Waals surface area contributed by atoms with Gasteiger partial charge in [0.05, 0.1) is 13.2 Å². The maximum Gasteiger partial charge on any atom is 0.317 e. The average Bonchev–Trinajstić information content (AvgIpc) is 3.24. The molecule has 3 heterocycles. The molecule has 7 nitrogen and oxygen atoms in total. The lowest BCUT2D eigenvalue weighted by molar-refractivity contribution is -0.189. The molecule has 2 aliphatic rings. The molecule has 0 aliphatic carbocycles. The van der Waals surface area contributed by atoms with Gasteiger partial charge in [0.15, 0.2) is 5.79 Å². The van der Waals surface area contributed by atoms with Crippen molar-refractivity contribution < 1.29 is 14.3 Å². The van der Waals surface area contributed by atoms with E-state index in [9.17, 15) is 4.79 Å². The van der Waals surface area contributed by atoms with Crippen molar-refractivity contribution >= 4 is 6.03 Å². The zero-order chi connectivity index (χ0) is 16.1. The molecule has 0 saturated carbocycles. The molecule has 1 atom stereocenters. The molecule has 0 radical (unpaired) electrons. The van der Waals surface area contributed by atoms with Crippen LogP contribution in [-0.4, -0.2) is 59.3 Å². The topological polar surface area (TPSA) is 68.6 Å². The number of ether oxygens (including phenoxy) is 2. The summed E-state index contributed by atoms with van der Waals surface area (Å²) in [5.74, 6) is -0.285. The third-order valence-corrected chi connectivity index (χ3v) is 4.71. The van der Waals surface area contributed by atoms with Gasteiger partial charge in [-0.25, -0.2) is 4.79 Å². The highest BCUT2D eigenvalue weighted by Crippen LogP contribution is 2.33. The predicted octanol–water partition coefficient (Wildman–Crippen LogP) is 1.46. The van der Waals surface area contributed by atoms with Crippen molar-refractivity contribution in [1.82, 2.24) is 20.0 Å². The number of rotatable bonds is 5. The molecule has 128 valence electrons. The molecule has 2 amide bonds. The van der Waals surface area contributed by atoms with Crippen molar-refractivity contribution in [2.45, 2.75) is 38.5 Å². The van der Waals surface area contributed by atoms with Gasteiger partial charge in [-0.1, -0.05) is 0 Å². The van der Waals surface area contributed by atoms with Gasteiger partial charge in [0.2, 0.25) is 0 Å². The summed E-state index contributed by atoms with van der Waals surface area (Å²) in [6, 6.07) is 1.91. The number of carbonyl (C=O) groups excluding carboxylic acids is 1. The van der Waals surface area contributed by atoms with Gasteiger partial charge in [-0.15, -0.1) is 0 Å². The van der Waals surface area contributed by atoms with Crippen LogP contribution in [0.15, 0.2) is 18.5 Å². The molecule has 0 bridgehead atoms. The first-order valence-corrected chi connectivity index (χ1v) is 8.45. The lowest BCUT2D eigenvalue weighted by atomic mass is 9.90. The lowest BCUT2D eigenvalue weighted by Gasteiger charge is -2.39. The van der Waals surface area contributed by atoms with Gasteiger partial charge in [-0.3, -0.25) is 4.68 Å². The second kappa shape index (κ2) is 7.31. The van der Waals surface area contributed by atoms with Crippen LogP contribution in [0.1, 0.15) is 26.2 Å². The molecule has 0 aromatic carbocycles. The first kappa shape index (κ1) is 16.3. The molecule has 3 rings (SSSR count). The number of nitrogens with zero attached hydrogens (tertiary/aromatic N) is 3. The molecule has 1 N–H and O–H groups in total. The molecular formula is C16H26N4O3. The minimum absolute atomic E-state index is 0.0109. The number of hydrogen-bond donors (Lipinski definition) is 1. The SMILES string of the molecule is CC1([C@@H]2CCCN(C(=O)NCCCn3cccn3)C2)OCCO1. The molecule has 1 aromatic heterocycles. The van der Waals surface area contributed by atoms with E-state index in [0.29, 0.717) is 26.3 Å². The van der Waals surface area contributed by atoms with E-state index >= 15 is 0 Å². The van der Waals surface area contributed by atoms with Crippen LogP contribution in [0.3, 0.4) is 0 Å². The van der Waals surface area contributed by atoms with Crippen molar-refractivity contribution in [3.05, 3.63) is 18.5 Å². The zero-order valence-electron chi connectivity index (χ0n) is 13.7. The van der Waals surface area contributed by atoms with Crippen molar-refractivity contribution in [2.24, 2.45) is 5.92 Å². The summed E-state index contributed by atoms with van der Waals surface area (Å²) < 4.78 is 13.4. The fourth-order valence-corrected chi connectivity index (χ4v) is 3.34. The summed E-state index contributed by atoms with van der Waals surface area (Å²) in [4.78, 5) is 14.2. The number of aryl methyl sites for hydroxylation is 1. The van der Waals surface area contributed by atoms with Gasteiger partial charge in [0.1, 0.15) is 0 Å². The second-order valence-electron chi connectivity index (χ2n) is 6.35. The zero-order valence-corrected chi connectivity index (χ0v) is 13.7. The second-order valence-corrected chi connectivity index (χ2v) is 6.35. The average molecular weight is 322 g/mol. The van der Waals surface area contributed by atoms with E-state index in [1.807, 2.05) is 28.8 Å². The van der Waals surface area contributed by atoms with Crippen molar-refractivity contribution in [3.8, 4) is 0 Å². The highest BCUT2D eigenvalue weighted by atomic mass is 16.7. The Labute approximate surface area is 136 Å². The number of piperidine rings is 1. The third kappa shape index (κ3) is 4.03. The quantitative estimate of drug-likeness (QED) is 0.833. The van der Waals surface area contributed by atoms with E-state index in [2.05, 4.69) is 10.4 Å². The van der Waals surface area contributed by atoms with E-state index in [1.165, 1.54) is 0 Å². The van der Waals surface area contributed by atoms with Crippen LogP contribution < -0.4 is 5.32 Å². The maximum absolute atomic E-state index is 12.3. The minimum atomic E-state index is -0.529. The molecule has 7 heteroatoms. The van der Waals surface area contributed by atoms with E-state index in [1.54, 1.807) is 6.20 Å². The Kier molecular flexibility index (Phi) is 5.17. The summed E-state index contributed by atoms with van der Waals surface area (Å²) in [5.41, 5.74) is 0.